The summed E-state index contributed by atoms with van der Waals surface area (Å²) >= 11 is 0. The molecule has 1 aromatic heterocycles. The highest BCUT2D eigenvalue weighted by Gasteiger charge is 2.09. The van der Waals surface area contributed by atoms with Crippen molar-refractivity contribution < 1.29 is 9.84 Å². The Balaban J connectivity index is 1.94. The van der Waals surface area contributed by atoms with E-state index in [0.717, 1.165) is 11.3 Å². The summed E-state index contributed by atoms with van der Waals surface area (Å²) in [5.74, 6) is 0. The summed E-state index contributed by atoms with van der Waals surface area (Å²) < 4.78 is 6.99. The maximum atomic E-state index is 9.82. The van der Waals surface area contributed by atoms with Crippen molar-refractivity contribution >= 4 is 0 Å². The third-order valence-corrected chi connectivity index (χ3v) is 2.63. The molecule has 2 rings (SSSR count). The minimum atomic E-state index is -0.576. The molecular weight excluding hydrogens is 242 g/mol. The Morgan fingerprint density at radius 3 is 2.68 bits per heavy atom. The van der Waals surface area contributed by atoms with Gasteiger partial charge in [0, 0.05) is 5.56 Å². The number of nitrogens with zero attached hydrogens (tertiary/aromatic N) is 3. The summed E-state index contributed by atoms with van der Waals surface area (Å²) in [7, 11) is 0. The van der Waals surface area contributed by atoms with Crippen molar-refractivity contribution in [3.05, 3.63) is 36.5 Å². The molecule has 1 atom stereocenters. The number of benzene rings is 1. The fraction of sp³-hybridized carbons (Fsp3) is 0.429. The van der Waals surface area contributed by atoms with Crippen molar-refractivity contribution in [2.75, 3.05) is 6.61 Å². The van der Waals surface area contributed by atoms with E-state index in [-0.39, 0.29) is 6.10 Å². The van der Waals surface area contributed by atoms with E-state index in [9.17, 15) is 5.11 Å². The molecule has 1 aromatic carbocycles. The van der Waals surface area contributed by atoms with Gasteiger partial charge in [-0.1, -0.05) is 35.5 Å². The lowest BCUT2D eigenvalue weighted by Gasteiger charge is -2.12. The first-order chi connectivity index (χ1) is 9.15. The highest BCUT2D eigenvalue weighted by molar-refractivity contribution is 5.57. The number of aromatic nitrogens is 3. The Labute approximate surface area is 112 Å². The Bertz CT molecular complexity index is 496. The van der Waals surface area contributed by atoms with Gasteiger partial charge in [-0.2, -0.15) is 0 Å². The third-order valence-electron chi connectivity index (χ3n) is 2.63. The van der Waals surface area contributed by atoms with E-state index in [1.54, 1.807) is 4.68 Å². The normalized spacial score (nSPS) is 12.8. The van der Waals surface area contributed by atoms with Crippen LogP contribution in [0.1, 0.15) is 13.8 Å². The van der Waals surface area contributed by atoms with Gasteiger partial charge >= 0.3 is 0 Å². The van der Waals surface area contributed by atoms with Gasteiger partial charge in [0.1, 0.15) is 5.69 Å². The molecule has 0 aliphatic carbocycles. The van der Waals surface area contributed by atoms with Crippen LogP contribution in [-0.2, 0) is 11.3 Å². The van der Waals surface area contributed by atoms with Crippen LogP contribution in [0.25, 0.3) is 11.3 Å². The second-order valence-electron chi connectivity index (χ2n) is 4.73. The van der Waals surface area contributed by atoms with Crippen LogP contribution in [0, 0.1) is 0 Å². The summed E-state index contributed by atoms with van der Waals surface area (Å²) in [6.45, 7) is 4.57. The van der Waals surface area contributed by atoms with Crippen LogP contribution in [0.4, 0.5) is 0 Å². The lowest BCUT2D eigenvalue weighted by Crippen LogP contribution is -2.24. The van der Waals surface area contributed by atoms with Crippen molar-refractivity contribution in [2.45, 2.75) is 32.6 Å². The molecule has 0 fully saturated rings. The SMILES string of the molecule is CC(C)OCC(O)Cn1cc(-c2ccccc2)nn1. The van der Waals surface area contributed by atoms with Crippen LogP contribution in [0.15, 0.2) is 36.5 Å². The third kappa shape index (κ3) is 4.15. The van der Waals surface area contributed by atoms with E-state index in [1.165, 1.54) is 0 Å². The molecule has 0 aliphatic heterocycles. The fourth-order valence-corrected chi connectivity index (χ4v) is 1.70. The van der Waals surface area contributed by atoms with Crippen molar-refractivity contribution in [1.29, 1.82) is 0 Å². The zero-order valence-corrected chi connectivity index (χ0v) is 11.2. The predicted octanol–water partition coefficient (Wildman–Crippen LogP) is 1.73. The maximum absolute atomic E-state index is 9.82. The van der Waals surface area contributed by atoms with E-state index in [4.69, 9.17) is 4.74 Å². The van der Waals surface area contributed by atoms with Crippen LogP contribution in [0.2, 0.25) is 0 Å². The molecule has 0 radical (unpaired) electrons. The standard InChI is InChI=1S/C14H19N3O2/c1-11(2)19-10-13(18)8-17-9-14(15-16-17)12-6-4-3-5-7-12/h3-7,9,11,13,18H,8,10H2,1-2H3. The Morgan fingerprint density at radius 2 is 2.00 bits per heavy atom. The van der Waals surface area contributed by atoms with Gasteiger partial charge in [-0.05, 0) is 13.8 Å². The highest BCUT2D eigenvalue weighted by atomic mass is 16.5. The van der Waals surface area contributed by atoms with Crippen LogP contribution in [-0.4, -0.2) is 38.9 Å². The second-order valence-corrected chi connectivity index (χ2v) is 4.73. The topological polar surface area (TPSA) is 60.2 Å². The van der Waals surface area contributed by atoms with Gasteiger partial charge in [-0.3, -0.25) is 0 Å². The van der Waals surface area contributed by atoms with Crippen molar-refractivity contribution in [3.8, 4) is 11.3 Å². The molecule has 102 valence electrons. The quantitative estimate of drug-likeness (QED) is 0.860. The number of aliphatic hydroxyl groups is 1. The molecule has 0 saturated carbocycles. The molecule has 19 heavy (non-hydrogen) atoms. The first kappa shape index (κ1) is 13.7. The molecule has 0 aliphatic rings. The van der Waals surface area contributed by atoms with Gasteiger partial charge in [-0.15, -0.1) is 5.10 Å². The number of rotatable bonds is 6. The first-order valence-electron chi connectivity index (χ1n) is 6.40. The molecule has 5 heteroatoms. The zero-order chi connectivity index (χ0) is 13.7. The highest BCUT2D eigenvalue weighted by Crippen LogP contribution is 2.14. The van der Waals surface area contributed by atoms with E-state index in [1.807, 2.05) is 50.4 Å². The summed E-state index contributed by atoms with van der Waals surface area (Å²) in [6.07, 6.45) is 1.37. The Kier molecular flexibility index (Phi) is 4.65. The second kappa shape index (κ2) is 6.45. The van der Waals surface area contributed by atoms with Gasteiger partial charge in [0.05, 0.1) is 31.6 Å². The van der Waals surface area contributed by atoms with Crippen LogP contribution < -0.4 is 0 Å². The van der Waals surface area contributed by atoms with E-state index in [0.29, 0.717) is 13.2 Å². The molecule has 0 bridgehead atoms. The lowest BCUT2D eigenvalue weighted by atomic mass is 10.2. The van der Waals surface area contributed by atoms with Gasteiger partial charge in [0.15, 0.2) is 0 Å². The average Bonchev–Trinajstić information content (AvgIpc) is 2.86. The molecule has 0 amide bonds. The predicted molar refractivity (Wildman–Crippen MR) is 72.6 cm³/mol. The smallest absolute Gasteiger partial charge is 0.113 e. The van der Waals surface area contributed by atoms with E-state index in [2.05, 4.69) is 10.3 Å². The number of hydrogen-bond donors (Lipinski definition) is 1. The Hall–Kier alpha value is -1.72. The van der Waals surface area contributed by atoms with Gasteiger partial charge in [-0.25, -0.2) is 4.68 Å². The van der Waals surface area contributed by atoms with Crippen molar-refractivity contribution in [3.63, 3.8) is 0 Å². The monoisotopic (exact) mass is 261 g/mol. The lowest BCUT2D eigenvalue weighted by molar-refractivity contribution is -0.00220. The fourth-order valence-electron chi connectivity index (χ4n) is 1.70. The minimum absolute atomic E-state index is 0.116. The van der Waals surface area contributed by atoms with Gasteiger partial charge < -0.3 is 9.84 Å². The molecule has 5 nitrogen and oxygen atoms in total. The van der Waals surface area contributed by atoms with Gasteiger partial charge in [0.25, 0.3) is 0 Å². The summed E-state index contributed by atoms with van der Waals surface area (Å²) in [5.41, 5.74) is 1.82. The van der Waals surface area contributed by atoms with Crippen LogP contribution >= 0.6 is 0 Å². The van der Waals surface area contributed by atoms with E-state index < -0.39 is 6.10 Å². The van der Waals surface area contributed by atoms with Crippen molar-refractivity contribution in [2.24, 2.45) is 0 Å². The molecule has 0 saturated heterocycles. The number of ether oxygens (including phenoxy) is 1. The molecule has 1 unspecified atom stereocenters. The summed E-state index contributed by atoms with van der Waals surface area (Å²) in [4.78, 5) is 0. The van der Waals surface area contributed by atoms with Crippen molar-refractivity contribution in [1.82, 2.24) is 15.0 Å². The van der Waals surface area contributed by atoms with Gasteiger partial charge in [0.2, 0.25) is 0 Å². The molecule has 1 N–H and O–H groups in total. The summed E-state index contributed by atoms with van der Waals surface area (Å²) in [6, 6.07) is 9.83. The van der Waals surface area contributed by atoms with Crippen LogP contribution in [0.3, 0.4) is 0 Å². The number of hydrogen-bond acceptors (Lipinski definition) is 4. The molecule has 1 heterocycles. The van der Waals surface area contributed by atoms with Crippen LogP contribution in [0.5, 0.6) is 0 Å². The minimum Gasteiger partial charge on any atom is -0.389 e. The molecule has 2 aromatic rings. The summed E-state index contributed by atoms with van der Waals surface area (Å²) in [5, 5.41) is 17.9. The maximum Gasteiger partial charge on any atom is 0.113 e. The molecular formula is C14H19N3O2. The average molecular weight is 261 g/mol. The number of aliphatic hydroxyl groups excluding tert-OH is 1. The zero-order valence-electron chi connectivity index (χ0n) is 11.2. The largest absolute Gasteiger partial charge is 0.389 e. The Morgan fingerprint density at radius 1 is 1.26 bits per heavy atom. The molecule has 0 spiro atoms. The first-order valence-corrected chi connectivity index (χ1v) is 6.40. The van der Waals surface area contributed by atoms with E-state index >= 15 is 0 Å².